The number of hydrogen-bond donors (Lipinski definition) is 2. The van der Waals surface area contributed by atoms with Gasteiger partial charge in [0.15, 0.2) is 6.17 Å². The number of carbonyl (C=O) groups is 3. The molecule has 3 rings (SSSR count). The van der Waals surface area contributed by atoms with Crippen LogP contribution < -0.4 is 10.2 Å². The molecule has 0 radical (unpaired) electrons. The zero-order valence-corrected chi connectivity index (χ0v) is 15.6. The van der Waals surface area contributed by atoms with E-state index >= 15 is 0 Å². The van der Waals surface area contributed by atoms with Gasteiger partial charge in [0.05, 0.1) is 5.69 Å². The zero-order chi connectivity index (χ0) is 18.8. The molecule has 134 valence electrons. The molecule has 7 heteroatoms. The molecule has 0 aromatic heterocycles. The lowest BCUT2D eigenvalue weighted by Crippen LogP contribution is -2.44. The fourth-order valence-corrected chi connectivity index (χ4v) is 3.34. The minimum absolute atomic E-state index is 0.0657. The average molecular weight is 417 g/mol. The molecule has 0 saturated heterocycles. The lowest BCUT2D eigenvalue weighted by Gasteiger charge is -2.24. The standard InChI is InChI=1S/C19H17BrN2O4/c1-11(23)22-16-8-5-13(20)10-15(16)18(26)19(22)21-14-6-2-12(3-7-14)4-9-17(24)25/h2-3,5-8,10,19,21H,4,9H2,1H3,(H,24,25). The van der Waals surface area contributed by atoms with E-state index in [0.717, 1.165) is 10.0 Å². The normalized spacial score (nSPS) is 15.7. The predicted molar refractivity (Wildman–Crippen MR) is 101 cm³/mol. The Hall–Kier alpha value is -2.67. The number of nitrogens with one attached hydrogen (secondary N) is 1. The van der Waals surface area contributed by atoms with Crippen LogP contribution in [0.2, 0.25) is 0 Å². The maximum absolute atomic E-state index is 12.8. The molecular weight excluding hydrogens is 400 g/mol. The molecular formula is C19H17BrN2O4. The topological polar surface area (TPSA) is 86.7 Å². The number of anilines is 2. The highest BCUT2D eigenvalue weighted by Crippen LogP contribution is 2.34. The van der Waals surface area contributed by atoms with Crippen molar-refractivity contribution in [2.75, 3.05) is 10.2 Å². The Morgan fingerprint density at radius 1 is 1.19 bits per heavy atom. The van der Waals surface area contributed by atoms with Crippen molar-refractivity contribution in [2.45, 2.75) is 25.9 Å². The summed E-state index contributed by atoms with van der Waals surface area (Å²) in [5.41, 5.74) is 2.65. The Morgan fingerprint density at radius 2 is 1.88 bits per heavy atom. The second-order valence-corrected chi connectivity index (χ2v) is 6.97. The summed E-state index contributed by atoms with van der Waals surface area (Å²) in [6, 6.07) is 12.4. The van der Waals surface area contributed by atoms with E-state index in [1.807, 2.05) is 12.1 Å². The molecule has 1 aliphatic heterocycles. The third-order valence-electron chi connectivity index (χ3n) is 4.21. The van der Waals surface area contributed by atoms with Gasteiger partial charge in [-0.2, -0.15) is 0 Å². The number of ketones is 1. The summed E-state index contributed by atoms with van der Waals surface area (Å²) in [6.45, 7) is 1.42. The molecule has 26 heavy (non-hydrogen) atoms. The van der Waals surface area contributed by atoms with Crippen LogP contribution in [0.4, 0.5) is 11.4 Å². The molecule has 0 spiro atoms. The van der Waals surface area contributed by atoms with Crippen molar-refractivity contribution in [2.24, 2.45) is 0 Å². The Balaban J connectivity index is 1.81. The summed E-state index contributed by atoms with van der Waals surface area (Å²) in [6.07, 6.45) is -0.297. The second-order valence-electron chi connectivity index (χ2n) is 6.05. The van der Waals surface area contributed by atoms with Gasteiger partial charge in [0.25, 0.3) is 0 Å². The summed E-state index contributed by atoms with van der Waals surface area (Å²) >= 11 is 3.35. The first-order chi connectivity index (χ1) is 12.4. The van der Waals surface area contributed by atoms with E-state index in [0.29, 0.717) is 23.4 Å². The molecule has 1 heterocycles. The van der Waals surface area contributed by atoms with E-state index in [-0.39, 0.29) is 18.1 Å². The van der Waals surface area contributed by atoms with Gasteiger partial charge in [-0.15, -0.1) is 0 Å². The summed E-state index contributed by atoms with van der Waals surface area (Å²) in [5.74, 6) is -1.24. The third-order valence-corrected chi connectivity index (χ3v) is 4.71. The van der Waals surface area contributed by atoms with E-state index in [1.165, 1.54) is 11.8 Å². The van der Waals surface area contributed by atoms with Crippen molar-refractivity contribution in [3.63, 3.8) is 0 Å². The molecule has 0 fully saturated rings. The van der Waals surface area contributed by atoms with Gasteiger partial charge < -0.3 is 10.4 Å². The monoisotopic (exact) mass is 416 g/mol. The lowest BCUT2D eigenvalue weighted by atomic mass is 10.1. The number of aliphatic carboxylic acids is 1. The third kappa shape index (κ3) is 3.62. The maximum Gasteiger partial charge on any atom is 0.303 e. The van der Waals surface area contributed by atoms with E-state index in [4.69, 9.17) is 5.11 Å². The van der Waals surface area contributed by atoms with Crippen molar-refractivity contribution in [3.05, 3.63) is 58.1 Å². The van der Waals surface area contributed by atoms with E-state index in [2.05, 4.69) is 21.2 Å². The van der Waals surface area contributed by atoms with Crippen molar-refractivity contribution in [3.8, 4) is 0 Å². The number of Topliss-reactive ketones (excluding diaryl/α,β-unsaturated/α-hetero) is 1. The van der Waals surface area contributed by atoms with Gasteiger partial charge in [-0.25, -0.2) is 0 Å². The largest absolute Gasteiger partial charge is 0.481 e. The Labute approximate surface area is 158 Å². The van der Waals surface area contributed by atoms with Gasteiger partial charge in [0.2, 0.25) is 11.7 Å². The van der Waals surface area contributed by atoms with Crippen LogP contribution in [-0.2, 0) is 16.0 Å². The average Bonchev–Trinajstić information content (AvgIpc) is 2.86. The SMILES string of the molecule is CC(=O)N1c2ccc(Br)cc2C(=O)C1Nc1ccc(CCC(=O)O)cc1. The molecule has 0 bridgehead atoms. The zero-order valence-electron chi connectivity index (χ0n) is 14.0. The molecule has 1 amide bonds. The number of hydrogen-bond acceptors (Lipinski definition) is 4. The number of aryl methyl sites for hydroxylation is 1. The number of nitrogens with zero attached hydrogens (tertiary/aromatic N) is 1. The molecule has 6 nitrogen and oxygen atoms in total. The number of benzene rings is 2. The van der Waals surface area contributed by atoms with Gasteiger partial charge in [-0.3, -0.25) is 19.3 Å². The number of rotatable bonds is 5. The molecule has 2 N–H and O–H groups in total. The highest BCUT2D eigenvalue weighted by Gasteiger charge is 2.39. The minimum atomic E-state index is -0.843. The van der Waals surface area contributed by atoms with Crippen molar-refractivity contribution < 1.29 is 19.5 Å². The van der Waals surface area contributed by atoms with Crippen LogP contribution in [0.5, 0.6) is 0 Å². The van der Waals surface area contributed by atoms with Crippen LogP contribution in [0, 0.1) is 0 Å². The first-order valence-electron chi connectivity index (χ1n) is 8.07. The minimum Gasteiger partial charge on any atom is -0.481 e. The van der Waals surface area contributed by atoms with Crippen LogP contribution >= 0.6 is 15.9 Å². The van der Waals surface area contributed by atoms with Gasteiger partial charge in [-0.05, 0) is 42.3 Å². The molecule has 1 aliphatic rings. The van der Waals surface area contributed by atoms with Crippen LogP contribution in [0.15, 0.2) is 46.9 Å². The second kappa shape index (κ2) is 7.29. The summed E-state index contributed by atoms with van der Waals surface area (Å²) in [7, 11) is 0. The summed E-state index contributed by atoms with van der Waals surface area (Å²) < 4.78 is 0.775. The summed E-state index contributed by atoms with van der Waals surface area (Å²) in [4.78, 5) is 37.0. The van der Waals surface area contributed by atoms with E-state index in [9.17, 15) is 14.4 Å². The van der Waals surface area contributed by atoms with E-state index in [1.54, 1.807) is 30.3 Å². The fraction of sp³-hybridized carbons (Fsp3) is 0.211. The first kappa shape index (κ1) is 18.1. The number of carbonyl (C=O) groups excluding carboxylic acids is 2. The number of carboxylic acid groups (broad SMARTS) is 1. The van der Waals surface area contributed by atoms with Crippen molar-refractivity contribution >= 4 is 45.0 Å². The van der Waals surface area contributed by atoms with Gasteiger partial charge in [0, 0.05) is 29.1 Å². The highest BCUT2D eigenvalue weighted by atomic mass is 79.9. The van der Waals surface area contributed by atoms with Crippen molar-refractivity contribution in [1.82, 2.24) is 0 Å². The first-order valence-corrected chi connectivity index (χ1v) is 8.87. The molecule has 1 unspecified atom stereocenters. The van der Waals surface area contributed by atoms with Gasteiger partial charge in [0.1, 0.15) is 0 Å². The Kier molecular flexibility index (Phi) is 5.08. The Morgan fingerprint density at radius 3 is 2.50 bits per heavy atom. The van der Waals surface area contributed by atoms with Gasteiger partial charge >= 0.3 is 5.97 Å². The van der Waals surface area contributed by atoms with Crippen LogP contribution in [0.1, 0.15) is 29.3 Å². The quantitative estimate of drug-likeness (QED) is 0.779. The number of amides is 1. The molecule has 2 aromatic rings. The molecule has 2 aromatic carbocycles. The van der Waals surface area contributed by atoms with Crippen LogP contribution in [-0.4, -0.2) is 28.9 Å². The predicted octanol–water partition coefficient (Wildman–Crippen LogP) is 3.45. The van der Waals surface area contributed by atoms with Crippen LogP contribution in [0.3, 0.4) is 0 Å². The number of fused-ring (bicyclic) bond motifs is 1. The number of carboxylic acids is 1. The molecule has 0 saturated carbocycles. The van der Waals surface area contributed by atoms with E-state index < -0.39 is 12.1 Å². The molecule has 1 atom stereocenters. The smallest absolute Gasteiger partial charge is 0.303 e. The maximum atomic E-state index is 12.8. The summed E-state index contributed by atoms with van der Waals surface area (Å²) in [5, 5.41) is 11.8. The van der Waals surface area contributed by atoms with Gasteiger partial charge in [-0.1, -0.05) is 28.1 Å². The highest BCUT2D eigenvalue weighted by molar-refractivity contribution is 9.10. The molecule has 0 aliphatic carbocycles. The Bertz CT molecular complexity index is 880. The van der Waals surface area contributed by atoms with Crippen LogP contribution in [0.25, 0.3) is 0 Å². The van der Waals surface area contributed by atoms with Crippen molar-refractivity contribution in [1.29, 1.82) is 0 Å². The number of halogens is 1. The fourth-order valence-electron chi connectivity index (χ4n) is 2.98. The lowest BCUT2D eigenvalue weighted by molar-refractivity contribution is -0.137.